The summed E-state index contributed by atoms with van der Waals surface area (Å²) in [5.74, 6) is -2.07. The number of hydrogen-bond acceptors (Lipinski definition) is 2. The van der Waals surface area contributed by atoms with Gasteiger partial charge in [0.15, 0.2) is 0 Å². The van der Waals surface area contributed by atoms with Gasteiger partial charge in [-0.3, -0.25) is 4.79 Å². The predicted molar refractivity (Wildman–Crippen MR) is 99.4 cm³/mol. The molecule has 0 radical (unpaired) electrons. The molecular weight excluding hydrogens is 426 g/mol. The van der Waals surface area contributed by atoms with Crippen LogP contribution in [0.3, 0.4) is 0 Å². The third-order valence-corrected chi connectivity index (χ3v) is 5.47. The largest absolute Gasteiger partial charge is 0.481 e. The van der Waals surface area contributed by atoms with E-state index in [2.05, 4.69) is 0 Å². The molecule has 0 amide bonds. The molecule has 9 heteroatoms. The second-order valence-electron chi connectivity index (χ2n) is 7.53. The van der Waals surface area contributed by atoms with Crippen molar-refractivity contribution >= 4 is 5.97 Å². The Bertz CT molecular complexity index is 875. The first-order valence-corrected chi connectivity index (χ1v) is 9.64. The van der Waals surface area contributed by atoms with E-state index in [0.717, 1.165) is 5.56 Å². The fourth-order valence-electron chi connectivity index (χ4n) is 4.04. The van der Waals surface area contributed by atoms with Crippen molar-refractivity contribution in [3.05, 3.63) is 70.8 Å². The van der Waals surface area contributed by atoms with Gasteiger partial charge >= 0.3 is 18.3 Å². The van der Waals surface area contributed by atoms with Crippen molar-refractivity contribution in [2.24, 2.45) is 5.92 Å². The molecule has 3 atom stereocenters. The maximum absolute atomic E-state index is 13.0. The molecular formula is C22H20F6O3. The van der Waals surface area contributed by atoms with Gasteiger partial charge in [0.25, 0.3) is 0 Å². The van der Waals surface area contributed by atoms with Crippen LogP contribution in [-0.2, 0) is 28.3 Å². The molecule has 0 spiro atoms. The highest BCUT2D eigenvalue weighted by molar-refractivity contribution is 5.72. The Kier molecular flexibility index (Phi) is 6.64. The second kappa shape index (κ2) is 8.90. The van der Waals surface area contributed by atoms with E-state index in [1.807, 2.05) is 0 Å². The van der Waals surface area contributed by atoms with Crippen molar-refractivity contribution in [3.63, 3.8) is 0 Å². The van der Waals surface area contributed by atoms with Crippen LogP contribution >= 0.6 is 0 Å². The summed E-state index contributed by atoms with van der Waals surface area (Å²) in [6, 6.07) is 10.3. The van der Waals surface area contributed by atoms with E-state index in [9.17, 15) is 36.2 Å². The van der Waals surface area contributed by atoms with Crippen LogP contribution in [0.4, 0.5) is 26.3 Å². The van der Waals surface area contributed by atoms with Crippen molar-refractivity contribution < 1.29 is 41.0 Å². The SMILES string of the molecule is O=C(O)C1CCC(OCCc2cc(C(F)(F)F)cc(C(F)(F)F)c2)C1c1ccccc1. The van der Waals surface area contributed by atoms with Crippen LogP contribution < -0.4 is 0 Å². The van der Waals surface area contributed by atoms with E-state index in [1.165, 1.54) is 0 Å². The van der Waals surface area contributed by atoms with Gasteiger partial charge in [-0.2, -0.15) is 26.3 Å². The highest BCUT2D eigenvalue weighted by Crippen LogP contribution is 2.42. The Morgan fingerprint density at radius 2 is 1.52 bits per heavy atom. The van der Waals surface area contributed by atoms with Crippen LogP contribution in [-0.4, -0.2) is 23.8 Å². The summed E-state index contributed by atoms with van der Waals surface area (Å²) in [6.45, 7) is -0.126. The molecule has 0 aromatic heterocycles. The number of carboxylic acid groups (broad SMARTS) is 1. The standard InChI is InChI=1S/C22H20F6O3/c23-21(24,25)15-10-13(11-16(12-15)22(26,27)28)8-9-31-18-7-6-17(20(29)30)19(18)14-4-2-1-3-5-14/h1-5,10-12,17-19H,6-9H2,(H,29,30). The smallest absolute Gasteiger partial charge is 0.416 e. The highest BCUT2D eigenvalue weighted by atomic mass is 19.4. The lowest BCUT2D eigenvalue weighted by Crippen LogP contribution is -2.25. The number of aliphatic carboxylic acids is 1. The van der Waals surface area contributed by atoms with E-state index < -0.39 is 47.4 Å². The van der Waals surface area contributed by atoms with Crippen molar-refractivity contribution in [3.8, 4) is 0 Å². The first-order chi connectivity index (χ1) is 14.5. The first kappa shape index (κ1) is 23.1. The summed E-state index contributed by atoms with van der Waals surface area (Å²) in [5, 5.41) is 9.51. The minimum absolute atomic E-state index is 0.0875. The number of benzene rings is 2. The lowest BCUT2D eigenvalue weighted by molar-refractivity contribution is -0.144. The molecule has 2 aromatic rings. The van der Waals surface area contributed by atoms with E-state index >= 15 is 0 Å². The maximum atomic E-state index is 13.0. The van der Waals surface area contributed by atoms with Gasteiger partial charge in [-0.25, -0.2) is 0 Å². The summed E-state index contributed by atoms with van der Waals surface area (Å²) in [6.07, 6.45) is -9.65. The lowest BCUT2D eigenvalue weighted by Gasteiger charge is -2.24. The summed E-state index contributed by atoms with van der Waals surface area (Å²) >= 11 is 0. The fraction of sp³-hybridized carbons (Fsp3) is 0.409. The maximum Gasteiger partial charge on any atom is 0.416 e. The topological polar surface area (TPSA) is 46.5 Å². The van der Waals surface area contributed by atoms with Crippen LogP contribution in [0.15, 0.2) is 48.5 Å². The van der Waals surface area contributed by atoms with Crippen molar-refractivity contribution in [1.29, 1.82) is 0 Å². The number of carboxylic acids is 1. The van der Waals surface area contributed by atoms with Crippen LogP contribution in [0, 0.1) is 5.92 Å². The van der Waals surface area contributed by atoms with Gasteiger partial charge in [0.2, 0.25) is 0 Å². The number of ether oxygens (including phenoxy) is 1. The van der Waals surface area contributed by atoms with E-state index in [0.29, 0.717) is 25.0 Å². The van der Waals surface area contributed by atoms with Gasteiger partial charge in [0, 0.05) is 5.92 Å². The molecule has 0 saturated heterocycles. The lowest BCUT2D eigenvalue weighted by atomic mass is 9.87. The molecule has 0 bridgehead atoms. The monoisotopic (exact) mass is 446 g/mol. The number of hydrogen-bond donors (Lipinski definition) is 1. The van der Waals surface area contributed by atoms with Crippen molar-refractivity contribution in [2.45, 2.75) is 43.6 Å². The summed E-state index contributed by atoms with van der Waals surface area (Å²) in [5.41, 5.74) is -2.11. The van der Waals surface area contributed by atoms with Gasteiger partial charge in [-0.05, 0) is 48.6 Å². The molecule has 31 heavy (non-hydrogen) atoms. The van der Waals surface area contributed by atoms with Crippen molar-refractivity contribution in [1.82, 2.24) is 0 Å². The summed E-state index contributed by atoms with van der Waals surface area (Å²) < 4.78 is 83.8. The minimum atomic E-state index is -4.91. The molecule has 168 valence electrons. The van der Waals surface area contributed by atoms with E-state index in [1.54, 1.807) is 30.3 Å². The zero-order chi connectivity index (χ0) is 22.8. The van der Waals surface area contributed by atoms with E-state index in [-0.39, 0.29) is 24.7 Å². The average Bonchev–Trinajstić information content (AvgIpc) is 3.11. The Morgan fingerprint density at radius 3 is 2.03 bits per heavy atom. The van der Waals surface area contributed by atoms with Crippen LogP contribution in [0.2, 0.25) is 0 Å². The number of halogens is 6. The molecule has 1 saturated carbocycles. The molecule has 3 unspecified atom stereocenters. The summed E-state index contributed by atoms with van der Waals surface area (Å²) in [7, 11) is 0. The molecule has 1 aliphatic rings. The Morgan fingerprint density at radius 1 is 0.935 bits per heavy atom. The fourth-order valence-corrected chi connectivity index (χ4v) is 4.04. The molecule has 1 aliphatic carbocycles. The van der Waals surface area contributed by atoms with Gasteiger partial charge in [-0.15, -0.1) is 0 Å². The number of carbonyl (C=O) groups is 1. The zero-order valence-electron chi connectivity index (χ0n) is 16.2. The Balaban J connectivity index is 1.75. The Hall–Kier alpha value is -2.55. The van der Waals surface area contributed by atoms with Gasteiger partial charge in [0.05, 0.1) is 29.8 Å². The third kappa shape index (κ3) is 5.58. The van der Waals surface area contributed by atoms with Crippen LogP contribution in [0.5, 0.6) is 0 Å². The number of alkyl halides is 6. The third-order valence-electron chi connectivity index (χ3n) is 5.47. The van der Waals surface area contributed by atoms with Crippen molar-refractivity contribution in [2.75, 3.05) is 6.61 Å². The average molecular weight is 446 g/mol. The normalized spacial score (nSPS) is 21.9. The predicted octanol–water partition coefficient (Wildman–Crippen LogP) is 5.93. The molecule has 1 N–H and O–H groups in total. The van der Waals surface area contributed by atoms with Gasteiger partial charge in [0.1, 0.15) is 0 Å². The second-order valence-corrected chi connectivity index (χ2v) is 7.53. The molecule has 2 aromatic carbocycles. The molecule has 1 fully saturated rings. The van der Waals surface area contributed by atoms with E-state index in [4.69, 9.17) is 4.74 Å². The Labute approximate surface area is 174 Å². The van der Waals surface area contributed by atoms with Crippen LogP contribution in [0.1, 0.15) is 41.0 Å². The quantitative estimate of drug-likeness (QED) is 0.560. The van der Waals surface area contributed by atoms with Gasteiger partial charge < -0.3 is 9.84 Å². The first-order valence-electron chi connectivity index (χ1n) is 9.64. The highest BCUT2D eigenvalue weighted by Gasteiger charge is 2.42. The molecule has 3 rings (SSSR count). The molecule has 0 heterocycles. The summed E-state index contributed by atoms with van der Waals surface area (Å²) in [4.78, 5) is 11.6. The molecule has 3 nitrogen and oxygen atoms in total. The van der Waals surface area contributed by atoms with Crippen LogP contribution in [0.25, 0.3) is 0 Å². The minimum Gasteiger partial charge on any atom is -0.481 e. The zero-order valence-corrected chi connectivity index (χ0v) is 16.2. The van der Waals surface area contributed by atoms with Gasteiger partial charge in [-0.1, -0.05) is 30.3 Å². The number of rotatable bonds is 6. The molecule has 0 aliphatic heterocycles.